The highest BCUT2D eigenvalue weighted by Gasteiger charge is 2.62. The van der Waals surface area contributed by atoms with Gasteiger partial charge in [-0.15, -0.1) is 6.42 Å². The number of aromatic nitrogens is 2. The Kier molecular flexibility index (Phi) is 13.4. The van der Waals surface area contributed by atoms with E-state index in [-0.39, 0.29) is 23.2 Å². The lowest BCUT2D eigenvalue weighted by atomic mass is 10.1. The summed E-state index contributed by atoms with van der Waals surface area (Å²) in [6, 6.07) is 32.6. The summed E-state index contributed by atoms with van der Waals surface area (Å²) in [7, 11) is 1.54. The number of rotatable bonds is 15. The molecule has 5 aromatic rings. The van der Waals surface area contributed by atoms with Gasteiger partial charge in [0.2, 0.25) is 6.29 Å². The monoisotopic (exact) mass is 914 g/mol. The fraction of sp³-hybridized carbons (Fsp3) is 0.340. The molecule has 0 radical (unpaired) electrons. The minimum atomic E-state index is -1.64. The van der Waals surface area contributed by atoms with Crippen LogP contribution in [0.15, 0.2) is 137 Å². The molecule has 17 heteroatoms. The maximum Gasteiger partial charge on any atom is 0.338 e. The van der Waals surface area contributed by atoms with Gasteiger partial charge >= 0.3 is 23.6 Å². The molecule has 1 aliphatic carbocycles. The van der Waals surface area contributed by atoms with Gasteiger partial charge in [-0.2, -0.15) is 4.89 Å². The number of esters is 3. The van der Waals surface area contributed by atoms with Gasteiger partial charge in [0, 0.05) is 25.1 Å². The van der Waals surface area contributed by atoms with E-state index in [0.29, 0.717) is 24.2 Å². The van der Waals surface area contributed by atoms with Gasteiger partial charge in [-0.1, -0.05) is 72.7 Å². The van der Waals surface area contributed by atoms with E-state index in [1.807, 2.05) is 0 Å². The van der Waals surface area contributed by atoms with E-state index >= 15 is 0 Å². The van der Waals surface area contributed by atoms with Crippen LogP contribution in [-0.4, -0.2) is 95.6 Å². The fourth-order valence-corrected chi connectivity index (χ4v) is 8.66. The molecular weight excluding hydrogens is 869 g/mol. The molecular formula is C50H46N2O15. The molecule has 9 rings (SSSR count). The lowest BCUT2D eigenvalue weighted by molar-refractivity contribution is -0.406. The number of methoxy groups -OCH3 is 1. The maximum absolute atomic E-state index is 14.2. The number of hydrogen-bond acceptors (Lipinski definition) is 15. The van der Waals surface area contributed by atoms with Crippen LogP contribution in [0.2, 0.25) is 0 Å². The number of benzene rings is 4. The predicted octanol–water partition coefficient (Wildman–Crippen LogP) is 5.00. The first kappa shape index (κ1) is 45.3. The van der Waals surface area contributed by atoms with Crippen molar-refractivity contribution in [3.05, 3.63) is 171 Å². The van der Waals surface area contributed by atoms with Crippen molar-refractivity contribution in [1.82, 2.24) is 9.13 Å². The van der Waals surface area contributed by atoms with E-state index in [4.69, 9.17) is 54.1 Å². The van der Waals surface area contributed by atoms with Gasteiger partial charge in [-0.05, 0) is 66.9 Å². The number of fused-ring (bicyclic) bond motifs is 1. The Morgan fingerprint density at radius 1 is 0.746 bits per heavy atom. The second-order valence-corrected chi connectivity index (χ2v) is 16.3. The predicted molar refractivity (Wildman–Crippen MR) is 233 cm³/mol. The maximum atomic E-state index is 14.2. The van der Waals surface area contributed by atoms with E-state index in [2.05, 4.69) is 5.92 Å². The molecule has 3 saturated heterocycles. The van der Waals surface area contributed by atoms with Crippen molar-refractivity contribution >= 4 is 17.9 Å². The first-order valence-electron chi connectivity index (χ1n) is 21.8. The van der Waals surface area contributed by atoms with Crippen LogP contribution in [0, 0.1) is 12.3 Å². The molecule has 4 aromatic carbocycles. The Balaban J connectivity index is 0.997. The Morgan fingerprint density at radius 3 is 1.93 bits per heavy atom. The molecule has 4 fully saturated rings. The van der Waals surface area contributed by atoms with Crippen LogP contribution >= 0.6 is 0 Å². The first-order chi connectivity index (χ1) is 32.6. The number of terminal acetylenes is 1. The van der Waals surface area contributed by atoms with Crippen molar-refractivity contribution in [2.45, 2.75) is 93.3 Å². The van der Waals surface area contributed by atoms with Crippen molar-refractivity contribution < 1.29 is 62.1 Å². The third-order valence-electron chi connectivity index (χ3n) is 12.0. The van der Waals surface area contributed by atoms with Gasteiger partial charge in [-0.3, -0.25) is 13.9 Å². The van der Waals surface area contributed by atoms with E-state index < -0.39 is 96.8 Å². The quantitative estimate of drug-likeness (QED) is 0.0449. The third kappa shape index (κ3) is 9.67. The largest absolute Gasteiger partial charge is 0.497 e. The molecule has 1 saturated carbocycles. The second kappa shape index (κ2) is 19.9. The number of carbonyl (C=O) groups is 3. The number of nitrogens with zero attached hydrogens (tertiary/aromatic N) is 2. The summed E-state index contributed by atoms with van der Waals surface area (Å²) in [5, 5.41) is 0. The highest BCUT2D eigenvalue weighted by molar-refractivity contribution is 5.91. The summed E-state index contributed by atoms with van der Waals surface area (Å²) in [5.41, 5.74) is 0.0761. The fourth-order valence-electron chi connectivity index (χ4n) is 8.66. The molecule has 17 nitrogen and oxygen atoms in total. The highest BCUT2D eigenvalue weighted by atomic mass is 17.2. The third-order valence-corrected chi connectivity index (χ3v) is 12.0. The summed E-state index contributed by atoms with van der Waals surface area (Å²) in [6.07, 6.45) is -1.03. The lowest BCUT2D eigenvalue weighted by Crippen LogP contribution is -2.44. The van der Waals surface area contributed by atoms with Crippen LogP contribution in [0.5, 0.6) is 5.75 Å². The van der Waals surface area contributed by atoms with Gasteiger partial charge < -0.3 is 37.9 Å². The van der Waals surface area contributed by atoms with Gasteiger partial charge in [0.25, 0.3) is 5.56 Å². The molecule has 4 aliphatic rings. The van der Waals surface area contributed by atoms with E-state index in [9.17, 15) is 24.0 Å². The molecule has 1 aromatic heterocycles. The van der Waals surface area contributed by atoms with Crippen molar-refractivity contribution in [3.8, 4) is 18.1 Å². The van der Waals surface area contributed by atoms with Crippen LogP contribution in [0.1, 0.15) is 68.5 Å². The van der Waals surface area contributed by atoms with Crippen LogP contribution < -0.4 is 16.0 Å². The van der Waals surface area contributed by atoms with Crippen LogP contribution in [0.25, 0.3) is 0 Å². The molecule has 346 valence electrons. The zero-order valence-electron chi connectivity index (χ0n) is 36.2. The Labute approximate surface area is 383 Å². The SMILES string of the molecule is C#CC(OO[C@@H]1O[C@H](COC(=O)c2ccccc2)[C@@H](OC(=O)c2ccccc2)[C@H]1OC(=O)c1ccccc1)[C@H]1O[C@@H](n2ccc(=O)n(Cc3ccc(OC)cc3)c2=O)[C@@H]2OC3(CCCC3)O[C@@H]21. The smallest absolute Gasteiger partial charge is 0.338 e. The standard InChI is InChI=1S/C50H46N2O15/c1-3-36(39-41-42(65-50(64-41)26-13-14-27-50)44(61-39)51-28-25-38(53)52(49(51)57)29-31-21-23-35(58-2)24-22-31)66-67-48-43(63-47(56)34-19-11-6-12-20-34)40(62-46(55)33-17-9-5-10-18-33)37(60-48)30-59-45(54)32-15-7-4-8-16-32/h1,4-12,15-25,28,36-37,39-44,48H,13-14,26-27,29-30H2,2H3/t36?,37-,39-,40-,41-,42-,43-,44-,48+/m1/s1. The zero-order valence-corrected chi connectivity index (χ0v) is 36.2. The topological polar surface area (TPSA) is 188 Å². The van der Waals surface area contributed by atoms with Gasteiger partial charge in [0.15, 0.2) is 30.3 Å². The number of ether oxygens (including phenoxy) is 8. The molecule has 3 aliphatic heterocycles. The average Bonchev–Trinajstić information content (AvgIpc) is 4.15. The molecule has 9 atom stereocenters. The van der Waals surface area contributed by atoms with E-state index in [1.54, 1.807) is 110 Å². The van der Waals surface area contributed by atoms with Gasteiger partial charge in [0.1, 0.15) is 36.8 Å². The van der Waals surface area contributed by atoms with E-state index in [1.165, 1.54) is 29.0 Å². The van der Waals surface area contributed by atoms with Crippen molar-refractivity contribution in [2.24, 2.45) is 0 Å². The molecule has 0 bridgehead atoms. The van der Waals surface area contributed by atoms with Crippen molar-refractivity contribution in [3.63, 3.8) is 0 Å². The number of carbonyl (C=O) groups excluding carboxylic acids is 3. The highest BCUT2D eigenvalue weighted by Crippen LogP contribution is 2.50. The van der Waals surface area contributed by atoms with Crippen molar-refractivity contribution in [2.75, 3.05) is 13.7 Å². The van der Waals surface area contributed by atoms with Gasteiger partial charge in [0.05, 0.1) is 30.3 Å². The van der Waals surface area contributed by atoms with Crippen LogP contribution in [-0.2, 0) is 49.5 Å². The lowest BCUT2D eigenvalue weighted by Gasteiger charge is -2.29. The molecule has 67 heavy (non-hydrogen) atoms. The van der Waals surface area contributed by atoms with Crippen LogP contribution in [0.3, 0.4) is 0 Å². The molecule has 1 spiro atoms. The molecule has 4 heterocycles. The molecule has 0 amide bonds. The Bertz CT molecular complexity index is 2700. The zero-order chi connectivity index (χ0) is 46.5. The first-order valence-corrected chi connectivity index (χ1v) is 21.8. The van der Waals surface area contributed by atoms with Crippen molar-refractivity contribution in [1.29, 1.82) is 0 Å². The summed E-state index contributed by atoms with van der Waals surface area (Å²) in [4.78, 5) is 79.7. The minimum Gasteiger partial charge on any atom is -0.497 e. The summed E-state index contributed by atoms with van der Waals surface area (Å²) >= 11 is 0. The number of hydrogen-bond donors (Lipinski definition) is 0. The summed E-state index contributed by atoms with van der Waals surface area (Å²) in [5.74, 6) is -0.128. The Morgan fingerprint density at radius 2 is 1.33 bits per heavy atom. The van der Waals surface area contributed by atoms with E-state index in [0.717, 1.165) is 17.4 Å². The molecule has 0 N–H and O–H groups in total. The Hall–Kier alpha value is -6.91. The summed E-state index contributed by atoms with van der Waals surface area (Å²) < 4.78 is 51.2. The average molecular weight is 915 g/mol. The second-order valence-electron chi connectivity index (χ2n) is 16.3. The normalized spacial score (nSPS) is 25.2. The van der Waals surface area contributed by atoms with Gasteiger partial charge in [-0.25, -0.2) is 24.1 Å². The minimum absolute atomic E-state index is 0.0382. The van der Waals surface area contributed by atoms with Crippen LogP contribution in [0.4, 0.5) is 0 Å². The molecule has 1 unspecified atom stereocenters. The summed E-state index contributed by atoms with van der Waals surface area (Å²) in [6.45, 7) is -0.512.